The van der Waals surface area contributed by atoms with Gasteiger partial charge >= 0.3 is 17.9 Å². The lowest BCUT2D eigenvalue weighted by atomic mass is 10.0. The van der Waals surface area contributed by atoms with Crippen LogP contribution in [0.2, 0.25) is 0 Å². The van der Waals surface area contributed by atoms with Crippen molar-refractivity contribution in [2.45, 2.75) is 156 Å². The standard InChI is InChI=1S/C33H54O6/c1-7-10-13-16-19-25(4)37-31(34)28-22-23-29(32(35)38-26(5)20-17-14-11-8-2)30(24-28)33(36)39-27(6)21-18-15-12-9-3/h22-27H,7-21H2,1-6H3/t25-,26-,27+/m0/s1. The van der Waals surface area contributed by atoms with Gasteiger partial charge in [-0.3, -0.25) is 0 Å². The average molecular weight is 547 g/mol. The lowest BCUT2D eigenvalue weighted by Gasteiger charge is -2.18. The zero-order valence-corrected chi connectivity index (χ0v) is 25.5. The number of ether oxygens (including phenoxy) is 3. The Labute approximate surface area is 237 Å². The van der Waals surface area contributed by atoms with E-state index in [0.717, 1.165) is 96.3 Å². The molecule has 0 aromatic heterocycles. The number of carbonyl (C=O) groups excluding carboxylic acids is 3. The van der Waals surface area contributed by atoms with Gasteiger partial charge in [0.25, 0.3) is 0 Å². The van der Waals surface area contributed by atoms with Crippen LogP contribution in [0.1, 0.15) is 169 Å². The van der Waals surface area contributed by atoms with Crippen molar-refractivity contribution in [3.05, 3.63) is 34.9 Å². The molecule has 0 fully saturated rings. The molecule has 0 aliphatic rings. The molecule has 3 atom stereocenters. The molecular weight excluding hydrogens is 492 g/mol. The van der Waals surface area contributed by atoms with Crippen LogP contribution in [-0.4, -0.2) is 36.2 Å². The van der Waals surface area contributed by atoms with Gasteiger partial charge in [-0.1, -0.05) is 78.6 Å². The van der Waals surface area contributed by atoms with Crippen LogP contribution in [0.15, 0.2) is 18.2 Å². The molecule has 1 aromatic carbocycles. The van der Waals surface area contributed by atoms with Crippen LogP contribution in [0.4, 0.5) is 0 Å². The van der Waals surface area contributed by atoms with Crippen molar-refractivity contribution in [3.63, 3.8) is 0 Å². The van der Waals surface area contributed by atoms with Gasteiger partial charge in [-0.15, -0.1) is 0 Å². The Balaban J connectivity index is 3.00. The molecule has 0 spiro atoms. The van der Waals surface area contributed by atoms with Gasteiger partial charge in [0.05, 0.1) is 35.0 Å². The lowest BCUT2D eigenvalue weighted by molar-refractivity contribution is 0.0267. The minimum Gasteiger partial charge on any atom is -0.459 e. The molecule has 39 heavy (non-hydrogen) atoms. The summed E-state index contributed by atoms with van der Waals surface area (Å²) in [5.74, 6) is -1.71. The fraction of sp³-hybridized carbons (Fsp3) is 0.727. The quantitative estimate of drug-likeness (QED) is 0.0868. The molecule has 0 bridgehead atoms. The molecule has 0 radical (unpaired) electrons. The zero-order chi connectivity index (χ0) is 29.0. The van der Waals surface area contributed by atoms with Crippen molar-refractivity contribution >= 4 is 17.9 Å². The molecule has 222 valence electrons. The third kappa shape index (κ3) is 14.5. The van der Waals surface area contributed by atoms with Crippen LogP contribution < -0.4 is 0 Å². The number of carbonyl (C=O) groups is 3. The van der Waals surface area contributed by atoms with E-state index in [-0.39, 0.29) is 35.0 Å². The second kappa shape index (κ2) is 20.5. The van der Waals surface area contributed by atoms with Crippen molar-refractivity contribution in [2.24, 2.45) is 0 Å². The fourth-order valence-electron chi connectivity index (χ4n) is 4.51. The van der Waals surface area contributed by atoms with Crippen molar-refractivity contribution in [3.8, 4) is 0 Å². The lowest BCUT2D eigenvalue weighted by Crippen LogP contribution is -2.22. The molecular formula is C33H54O6. The molecule has 0 saturated carbocycles. The van der Waals surface area contributed by atoms with E-state index in [9.17, 15) is 14.4 Å². The van der Waals surface area contributed by atoms with Crippen LogP contribution in [0.25, 0.3) is 0 Å². The molecule has 0 saturated heterocycles. The van der Waals surface area contributed by atoms with Crippen LogP contribution in [0, 0.1) is 0 Å². The van der Waals surface area contributed by atoms with Gasteiger partial charge in [0.1, 0.15) is 0 Å². The van der Waals surface area contributed by atoms with Gasteiger partial charge < -0.3 is 14.2 Å². The first-order valence-electron chi connectivity index (χ1n) is 15.5. The van der Waals surface area contributed by atoms with Crippen LogP contribution in [0.5, 0.6) is 0 Å². The van der Waals surface area contributed by atoms with Crippen molar-refractivity contribution in [1.29, 1.82) is 0 Å². The normalized spacial score (nSPS) is 13.4. The maximum Gasteiger partial charge on any atom is 0.339 e. The topological polar surface area (TPSA) is 78.9 Å². The van der Waals surface area contributed by atoms with Gasteiger partial charge in [-0.25, -0.2) is 14.4 Å². The first-order chi connectivity index (χ1) is 18.7. The first kappa shape index (κ1) is 34.7. The van der Waals surface area contributed by atoms with Gasteiger partial charge in [-0.05, 0) is 77.5 Å². The van der Waals surface area contributed by atoms with E-state index in [1.165, 1.54) is 18.2 Å². The Morgan fingerprint density at radius 2 is 0.923 bits per heavy atom. The summed E-state index contributed by atoms with van der Waals surface area (Å²) in [4.78, 5) is 39.2. The Hall–Kier alpha value is -2.37. The second-order valence-electron chi connectivity index (χ2n) is 11.0. The molecule has 6 heteroatoms. The average Bonchev–Trinajstić information content (AvgIpc) is 2.91. The Morgan fingerprint density at radius 3 is 1.33 bits per heavy atom. The summed E-state index contributed by atoms with van der Waals surface area (Å²) in [6, 6.07) is 4.43. The van der Waals surface area contributed by atoms with Gasteiger partial charge in [0.2, 0.25) is 0 Å². The van der Waals surface area contributed by atoms with Gasteiger partial charge in [-0.2, -0.15) is 0 Å². The molecule has 0 unspecified atom stereocenters. The van der Waals surface area contributed by atoms with E-state index >= 15 is 0 Å². The number of benzene rings is 1. The highest BCUT2D eigenvalue weighted by atomic mass is 16.6. The smallest absolute Gasteiger partial charge is 0.339 e. The first-order valence-corrected chi connectivity index (χ1v) is 15.5. The van der Waals surface area contributed by atoms with E-state index in [1.807, 2.05) is 20.8 Å². The van der Waals surface area contributed by atoms with E-state index in [1.54, 1.807) is 0 Å². The summed E-state index contributed by atoms with van der Waals surface area (Å²) >= 11 is 0. The van der Waals surface area contributed by atoms with Crippen molar-refractivity contribution < 1.29 is 28.6 Å². The van der Waals surface area contributed by atoms with Gasteiger partial charge in [0, 0.05) is 0 Å². The highest BCUT2D eigenvalue weighted by molar-refractivity contribution is 6.05. The van der Waals surface area contributed by atoms with E-state index < -0.39 is 17.9 Å². The summed E-state index contributed by atoms with van der Waals surface area (Å²) < 4.78 is 17.0. The molecule has 0 aliphatic heterocycles. The molecule has 6 nitrogen and oxygen atoms in total. The molecule has 0 heterocycles. The van der Waals surface area contributed by atoms with Crippen LogP contribution >= 0.6 is 0 Å². The largest absolute Gasteiger partial charge is 0.459 e. The maximum atomic E-state index is 13.2. The fourth-order valence-corrected chi connectivity index (χ4v) is 4.51. The zero-order valence-electron chi connectivity index (χ0n) is 25.5. The third-order valence-corrected chi connectivity index (χ3v) is 7.01. The van der Waals surface area contributed by atoms with E-state index in [2.05, 4.69) is 20.8 Å². The number of hydrogen-bond acceptors (Lipinski definition) is 6. The number of hydrogen-bond donors (Lipinski definition) is 0. The Morgan fingerprint density at radius 1 is 0.538 bits per heavy atom. The molecule has 1 aromatic rings. The summed E-state index contributed by atoms with van der Waals surface area (Å²) in [6.07, 6.45) is 14.6. The Kier molecular flexibility index (Phi) is 18.2. The monoisotopic (exact) mass is 546 g/mol. The summed E-state index contributed by atoms with van der Waals surface area (Å²) in [5.41, 5.74) is 0.383. The molecule has 0 amide bonds. The van der Waals surface area contributed by atoms with Crippen LogP contribution in [-0.2, 0) is 14.2 Å². The molecule has 0 aliphatic carbocycles. The summed E-state index contributed by atoms with van der Waals surface area (Å²) in [6.45, 7) is 12.1. The van der Waals surface area contributed by atoms with Gasteiger partial charge in [0.15, 0.2) is 0 Å². The molecule has 1 rings (SSSR count). The SMILES string of the molecule is CCCCCC[C@@H](C)OC(=O)c1cc(C(=O)O[C@@H](C)CCCCCC)ccc1C(=O)O[C@@H](C)CCCCCC. The minimum absolute atomic E-state index is 0.0450. The highest BCUT2D eigenvalue weighted by Crippen LogP contribution is 2.20. The third-order valence-electron chi connectivity index (χ3n) is 7.01. The molecule has 0 N–H and O–H groups in total. The predicted molar refractivity (Wildman–Crippen MR) is 157 cm³/mol. The minimum atomic E-state index is -0.622. The number of esters is 3. The number of unbranched alkanes of at least 4 members (excludes halogenated alkanes) is 9. The summed E-state index contributed by atoms with van der Waals surface area (Å²) in [7, 11) is 0. The van der Waals surface area contributed by atoms with Crippen molar-refractivity contribution in [2.75, 3.05) is 0 Å². The summed E-state index contributed by atoms with van der Waals surface area (Å²) in [5, 5.41) is 0. The maximum absolute atomic E-state index is 13.2. The van der Waals surface area contributed by atoms with E-state index in [0.29, 0.717) is 0 Å². The Bertz CT molecular complexity index is 849. The van der Waals surface area contributed by atoms with E-state index in [4.69, 9.17) is 14.2 Å². The highest BCUT2D eigenvalue weighted by Gasteiger charge is 2.25. The van der Waals surface area contributed by atoms with Crippen molar-refractivity contribution in [1.82, 2.24) is 0 Å². The predicted octanol–water partition coefficient (Wildman–Crippen LogP) is 9.23. The number of rotatable bonds is 21. The second-order valence-corrected chi connectivity index (χ2v) is 11.0. The van der Waals surface area contributed by atoms with Crippen LogP contribution in [0.3, 0.4) is 0 Å².